The number of aryl methyl sites for hydroxylation is 1. The Morgan fingerprint density at radius 1 is 1.47 bits per heavy atom. The summed E-state index contributed by atoms with van der Waals surface area (Å²) in [6, 6.07) is 7.53. The first-order chi connectivity index (χ1) is 7.13. The summed E-state index contributed by atoms with van der Waals surface area (Å²) in [5, 5.41) is 12.3. The second kappa shape index (κ2) is 5.91. The van der Waals surface area contributed by atoms with Crippen LogP contribution in [0.3, 0.4) is 0 Å². The normalized spacial score (nSPS) is 12.4. The number of nitrogens with one attached hydrogen (secondary N) is 1. The van der Waals surface area contributed by atoms with Gasteiger partial charge >= 0.3 is 97.4 Å². The second-order valence-corrected chi connectivity index (χ2v) is 4.12. The number of rotatable bonds is 5. The molecule has 0 aromatic heterocycles. The third kappa shape index (κ3) is 4.04. The molecule has 0 saturated carbocycles. The third-order valence-corrected chi connectivity index (χ3v) is 2.84. The molecule has 81 valence electrons. The van der Waals surface area contributed by atoms with Gasteiger partial charge in [-0.1, -0.05) is 0 Å². The predicted octanol–water partition coefficient (Wildman–Crippen LogP) is 1.12. The zero-order chi connectivity index (χ0) is 11.3. The van der Waals surface area contributed by atoms with Crippen LogP contribution in [-0.2, 0) is 11.3 Å². The molecule has 0 spiro atoms. The Kier molecular flexibility index (Phi) is 4.82. The summed E-state index contributed by atoms with van der Waals surface area (Å²) >= 11 is 2.73. The molecule has 2 N–H and O–H groups in total. The number of aliphatic carboxylic acids is 1. The van der Waals surface area contributed by atoms with Crippen LogP contribution in [0.4, 0.5) is 0 Å². The fourth-order valence-corrected chi connectivity index (χ4v) is 1.71. The monoisotopic (exact) mass is 272 g/mol. The zero-order valence-electron chi connectivity index (χ0n) is 8.56. The minimum atomic E-state index is -0.819. The Morgan fingerprint density at radius 2 is 2.07 bits per heavy atom. The van der Waals surface area contributed by atoms with Gasteiger partial charge in [0.2, 0.25) is 0 Å². The van der Waals surface area contributed by atoms with Crippen molar-refractivity contribution < 1.29 is 9.90 Å². The van der Waals surface area contributed by atoms with Crippen molar-refractivity contribution >= 4 is 22.0 Å². The number of benzene rings is 1. The summed E-state index contributed by atoms with van der Waals surface area (Å²) in [7, 11) is 0. The van der Waals surface area contributed by atoms with Crippen LogP contribution in [0.5, 0.6) is 0 Å². The van der Waals surface area contributed by atoms with Gasteiger partial charge in [0, 0.05) is 0 Å². The molecule has 0 aliphatic carbocycles. The SMILES string of the molecule is Cc1ccc(CN[C@@H](C[Se])C(=O)O)cc1. The first-order valence-corrected chi connectivity index (χ1v) is 5.94. The molecule has 0 aliphatic heterocycles. The van der Waals surface area contributed by atoms with Crippen molar-refractivity contribution in [3.63, 3.8) is 0 Å². The van der Waals surface area contributed by atoms with E-state index in [4.69, 9.17) is 5.11 Å². The fraction of sp³-hybridized carbons (Fsp3) is 0.364. The van der Waals surface area contributed by atoms with Crippen LogP contribution in [0.15, 0.2) is 24.3 Å². The average molecular weight is 271 g/mol. The Labute approximate surface area is 97.7 Å². The molecule has 0 heterocycles. The van der Waals surface area contributed by atoms with Gasteiger partial charge in [-0.15, -0.1) is 0 Å². The topological polar surface area (TPSA) is 49.3 Å². The Balaban J connectivity index is 2.49. The molecule has 0 saturated heterocycles. The molecule has 1 aromatic rings. The number of carboxylic acids is 1. The third-order valence-electron chi connectivity index (χ3n) is 2.14. The maximum absolute atomic E-state index is 10.7. The summed E-state index contributed by atoms with van der Waals surface area (Å²) in [6.07, 6.45) is 0. The fourth-order valence-electron chi connectivity index (χ4n) is 1.16. The van der Waals surface area contributed by atoms with Gasteiger partial charge < -0.3 is 0 Å². The maximum atomic E-state index is 10.7. The van der Waals surface area contributed by atoms with Gasteiger partial charge in [-0.3, -0.25) is 0 Å². The van der Waals surface area contributed by atoms with Crippen molar-refractivity contribution in [1.29, 1.82) is 0 Å². The van der Waals surface area contributed by atoms with Crippen LogP contribution < -0.4 is 5.32 Å². The molecule has 4 heteroatoms. The van der Waals surface area contributed by atoms with E-state index in [1.165, 1.54) is 5.56 Å². The van der Waals surface area contributed by atoms with E-state index in [9.17, 15) is 4.79 Å². The summed E-state index contributed by atoms with van der Waals surface area (Å²) in [5.41, 5.74) is 2.30. The molecule has 0 bridgehead atoms. The van der Waals surface area contributed by atoms with E-state index in [0.717, 1.165) is 5.56 Å². The number of carboxylic acid groups (broad SMARTS) is 1. The van der Waals surface area contributed by atoms with Crippen molar-refractivity contribution in [2.45, 2.75) is 24.8 Å². The van der Waals surface area contributed by atoms with Crippen molar-refractivity contribution in [1.82, 2.24) is 5.32 Å². The van der Waals surface area contributed by atoms with Gasteiger partial charge in [-0.05, 0) is 0 Å². The van der Waals surface area contributed by atoms with Crippen LogP contribution in [0.2, 0.25) is 5.32 Å². The zero-order valence-corrected chi connectivity index (χ0v) is 10.3. The summed E-state index contributed by atoms with van der Waals surface area (Å²) in [4.78, 5) is 10.7. The molecule has 1 rings (SSSR count). The number of hydrogen-bond donors (Lipinski definition) is 2. The van der Waals surface area contributed by atoms with Gasteiger partial charge in [0.15, 0.2) is 0 Å². The van der Waals surface area contributed by atoms with Crippen LogP contribution in [0.25, 0.3) is 0 Å². The number of carbonyl (C=O) groups is 1. The van der Waals surface area contributed by atoms with Crippen molar-refractivity contribution in [3.8, 4) is 0 Å². The number of hydrogen-bond acceptors (Lipinski definition) is 2. The molecule has 0 fully saturated rings. The van der Waals surface area contributed by atoms with Gasteiger partial charge in [0.1, 0.15) is 0 Å². The first kappa shape index (κ1) is 12.2. The quantitative estimate of drug-likeness (QED) is 0.789. The van der Waals surface area contributed by atoms with E-state index in [1.54, 1.807) is 0 Å². The molecule has 0 aliphatic rings. The van der Waals surface area contributed by atoms with E-state index in [2.05, 4.69) is 21.3 Å². The van der Waals surface area contributed by atoms with Crippen molar-refractivity contribution in [2.24, 2.45) is 0 Å². The molecular formula is C11H14NO2Se. The summed E-state index contributed by atoms with van der Waals surface area (Å²) < 4.78 is 0. The van der Waals surface area contributed by atoms with Gasteiger partial charge in [-0.2, -0.15) is 0 Å². The Hall–Kier alpha value is -0.831. The Morgan fingerprint density at radius 3 is 2.53 bits per heavy atom. The first-order valence-electron chi connectivity index (χ1n) is 4.73. The van der Waals surface area contributed by atoms with Crippen LogP contribution in [0, 0.1) is 6.92 Å². The standard InChI is InChI=1S/C11H14NO2Se/c1-8-2-4-9(5-3-8)6-12-10(7-15)11(13)14/h2-5,10,12H,6-7H2,1H3,(H,13,14)/t10-/m0/s1. The minimum absolute atomic E-state index is 0.473. The average Bonchev–Trinajstić information content (AvgIpc) is 2.21. The van der Waals surface area contributed by atoms with Gasteiger partial charge in [0.05, 0.1) is 0 Å². The van der Waals surface area contributed by atoms with Crippen LogP contribution in [0.1, 0.15) is 11.1 Å². The summed E-state index contributed by atoms with van der Waals surface area (Å²) in [5.74, 6) is -0.819. The van der Waals surface area contributed by atoms with Gasteiger partial charge in [0.25, 0.3) is 0 Å². The van der Waals surface area contributed by atoms with E-state index in [-0.39, 0.29) is 0 Å². The summed E-state index contributed by atoms with van der Waals surface area (Å²) in [6.45, 7) is 2.61. The molecule has 3 nitrogen and oxygen atoms in total. The van der Waals surface area contributed by atoms with Crippen molar-refractivity contribution in [3.05, 3.63) is 35.4 Å². The molecule has 1 atom stereocenters. The van der Waals surface area contributed by atoms with E-state index >= 15 is 0 Å². The van der Waals surface area contributed by atoms with E-state index < -0.39 is 12.0 Å². The molecule has 1 radical (unpaired) electrons. The van der Waals surface area contributed by atoms with E-state index in [1.807, 2.05) is 31.2 Å². The molecular weight excluding hydrogens is 257 g/mol. The molecule has 15 heavy (non-hydrogen) atoms. The van der Waals surface area contributed by atoms with Gasteiger partial charge in [-0.25, -0.2) is 0 Å². The van der Waals surface area contributed by atoms with E-state index in [0.29, 0.717) is 11.9 Å². The predicted molar refractivity (Wildman–Crippen MR) is 60.0 cm³/mol. The van der Waals surface area contributed by atoms with Crippen LogP contribution >= 0.6 is 0 Å². The second-order valence-electron chi connectivity index (χ2n) is 3.42. The van der Waals surface area contributed by atoms with Crippen LogP contribution in [-0.4, -0.2) is 33.1 Å². The molecule has 0 unspecified atom stereocenters. The Bertz CT molecular complexity index is 324. The molecule has 0 amide bonds. The van der Waals surface area contributed by atoms with Crippen molar-refractivity contribution in [2.75, 3.05) is 0 Å². The molecule has 1 aromatic carbocycles.